The van der Waals surface area contributed by atoms with Crippen LogP contribution in [0.25, 0.3) is 0 Å². The molecule has 0 aliphatic carbocycles. The molecule has 0 unspecified atom stereocenters. The van der Waals surface area contributed by atoms with Gasteiger partial charge in [-0.05, 0) is 37.1 Å². The molecule has 0 fully saturated rings. The van der Waals surface area contributed by atoms with Crippen LogP contribution >= 0.6 is 11.6 Å². The molecule has 7 heteroatoms. The number of anilines is 1. The molecule has 1 amide bonds. The molecule has 1 aromatic carbocycles. The predicted molar refractivity (Wildman–Crippen MR) is 103 cm³/mol. The molecule has 136 valence electrons. The van der Waals surface area contributed by atoms with Crippen molar-refractivity contribution in [2.45, 2.75) is 33.2 Å². The van der Waals surface area contributed by atoms with Crippen molar-refractivity contribution in [2.24, 2.45) is 7.05 Å². The molecule has 0 bridgehead atoms. The van der Waals surface area contributed by atoms with E-state index in [-0.39, 0.29) is 5.91 Å². The highest BCUT2D eigenvalue weighted by Crippen LogP contribution is 2.18. The summed E-state index contributed by atoms with van der Waals surface area (Å²) in [4.78, 5) is 12.7. The van der Waals surface area contributed by atoms with Crippen molar-refractivity contribution in [3.05, 3.63) is 64.1 Å². The Balaban J connectivity index is 1.80. The highest BCUT2D eigenvalue weighted by molar-refractivity contribution is 6.30. The largest absolute Gasteiger partial charge is 0.305 e. The first kappa shape index (κ1) is 18.2. The Labute approximate surface area is 157 Å². The summed E-state index contributed by atoms with van der Waals surface area (Å²) in [6, 6.07) is 9.42. The zero-order valence-corrected chi connectivity index (χ0v) is 15.9. The fourth-order valence-corrected chi connectivity index (χ4v) is 2.94. The zero-order chi connectivity index (χ0) is 18.7. The number of nitrogens with zero attached hydrogens (tertiary/aromatic N) is 4. The molecule has 3 aromatic rings. The van der Waals surface area contributed by atoms with Crippen LogP contribution in [0.3, 0.4) is 0 Å². The van der Waals surface area contributed by atoms with E-state index in [0.717, 1.165) is 29.7 Å². The third-order valence-electron chi connectivity index (χ3n) is 4.17. The quantitative estimate of drug-likeness (QED) is 0.716. The van der Waals surface area contributed by atoms with Gasteiger partial charge >= 0.3 is 0 Å². The molecule has 0 radical (unpaired) electrons. The summed E-state index contributed by atoms with van der Waals surface area (Å²) >= 11 is 5.94. The van der Waals surface area contributed by atoms with E-state index < -0.39 is 0 Å². The topological polar surface area (TPSA) is 64.7 Å². The smallest absolute Gasteiger partial charge is 0.275 e. The standard InChI is InChI=1S/C19H22ClN5O/c1-4-5-16-10-17(24(3)23-16)19(26)22-18-13(2)11-21-25(18)12-14-6-8-15(20)9-7-14/h6-11H,4-5,12H2,1-3H3,(H,22,26). The van der Waals surface area contributed by atoms with Gasteiger partial charge < -0.3 is 5.32 Å². The molecule has 26 heavy (non-hydrogen) atoms. The lowest BCUT2D eigenvalue weighted by Gasteiger charge is -2.10. The lowest BCUT2D eigenvalue weighted by molar-refractivity contribution is 0.101. The summed E-state index contributed by atoms with van der Waals surface area (Å²) in [6.07, 6.45) is 3.59. The number of carbonyl (C=O) groups is 1. The molecule has 0 spiro atoms. The van der Waals surface area contributed by atoms with Gasteiger partial charge in [0.1, 0.15) is 11.5 Å². The van der Waals surface area contributed by atoms with Crippen molar-refractivity contribution in [3.63, 3.8) is 0 Å². The van der Waals surface area contributed by atoms with Crippen molar-refractivity contribution in [2.75, 3.05) is 5.32 Å². The Morgan fingerprint density at radius 2 is 2.00 bits per heavy atom. The van der Waals surface area contributed by atoms with Crippen molar-refractivity contribution in [1.29, 1.82) is 0 Å². The van der Waals surface area contributed by atoms with E-state index in [9.17, 15) is 4.79 Å². The summed E-state index contributed by atoms with van der Waals surface area (Å²) in [5.41, 5.74) is 3.42. The van der Waals surface area contributed by atoms with Crippen LogP contribution in [0.2, 0.25) is 5.02 Å². The summed E-state index contributed by atoms with van der Waals surface area (Å²) in [6.45, 7) is 4.56. The first-order valence-corrected chi connectivity index (χ1v) is 8.97. The van der Waals surface area contributed by atoms with Crippen molar-refractivity contribution in [3.8, 4) is 0 Å². The maximum Gasteiger partial charge on any atom is 0.275 e. The number of hydrogen-bond donors (Lipinski definition) is 1. The highest BCUT2D eigenvalue weighted by atomic mass is 35.5. The molecule has 6 nitrogen and oxygen atoms in total. The van der Waals surface area contributed by atoms with E-state index in [0.29, 0.717) is 23.1 Å². The summed E-state index contributed by atoms with van der Waals surface area (Å²) in [7, 11) is 1.78. The number of halogens is 1. The molecular formula is C19H22ClN5O. The highest BCUT2D eigenvalue weighted by Gasteiger charge is 2.17. The van der Waals surface area contributed by atoms with E-state index in [4.69, 9.17) is 11.6 Å². The Morgan fingerprint density at radius 3 is 2.69 bits per heavy atom. The van der Waals surface area contributed by atoms with Crippen LogP contribution in [0.4, 0.5) is 5.82 Å². The van der Waals surface area contributed by atoms with E-state index in [1.54, 1.807) is 22.6 Å². The molecule has 1 N–H and O–H groups in total. The first-order chi connectivity index (χ1) is 12.5. The van der Waals surface area contributed by atoms with Gasteiger partial charge in [-0.2, -0.15) is 10.2 Å². The van der Waals surface area contributed by atoms with Crippen molar-refractivity contribution < 1.29 is 4.79 Å². The van der Waals surface area contributed by atoms with Crippen LogP contribution in [-0.4, -0.2) is 25.5 Å². The minimum Gasteiger partial charge on any atom is -0.305 e. The molecule has 0 saturated carbocycles. The van der Waals surface area contributed by atoms with Crippen LogP contribution in [0.5, 0.6) is 0 Å². The van der Waals surface area contributed by atoms with E-state index >= 15 is 0 Å². The fourth-order valence-electron chi connectivity index (χ4n) is 2.81. The summed E-state index contributed by atoms with van der Waals surface area (Å²) in [5, 5.41) is 12.4. The number of rotatable bonds is 6. The van der Waals surface area contributed by atoms with Gasteiger partial charge in [-0.25, -0.2) is 4.68 Å². The number of hydrogen-bond acceptors (Lipinski definition) is 3. The number of nitrogens with one attached hydrogen (secondary N) is 1. The molecule has 0 saturated heterocycles. The lowest BCUT2D eigenvalue weighted by atomic mass is 10.2. The SMILES string of the molecule is CCCc1cc(C(=O)Nc2c(C)cnn2Cc2ccc(Cl)cc2)n(C)n1. The molecule has 2 aromatic heterocycles. The molecule has 0 aliphatic rings. The molecule has 0 atom stereocenters. The van der Waals surface area contributed by atoms with Gasteiger partial charge in [-0.15, -0.1) is 0 Å². The fraction of sp³-hybridized carbons (Fsp3) is 0.316. The van der Waals surface area contributed by atoms with Crippen molar-refractivity contribution >= 4 is 23.3 Å². The van der Waals surface area contributed by atoms with Crippen LogP contribution in [0.15, 0.2) is 36.5 Å². The Bertz CT molecular complexity index is 911. The molecule has 0 aliphatic heterocycles. The number of aromatic nitrogens is 4. The number of benzene rings is 1. The van der Waals surface area contributed by atoms with Gasteiger partial charge in [0.15, 0.2) is 0 Å². The van der Waals surface area contributed by atoms with Gasteiger partial charge in [0.25, 0.3) is 5.91 Å². The lowest BCUT2D eigenvalue weighted by Crippen LogP contribution is -2.19. The number of amides is 1. The first-order valence-electron chi connectivity index (χ1n) is 8.59. The van der Waals surface area contributed by atoms with Crippen LogP contribution in [-0.2, 0) is 20.0 Å². The van der Waals surface area contributed by atoms with Crippen molar-refractivity contribution in [1.82, 2.24) is 19.6 Å². The van der Waals surface area contributed by atoms with Gasteiger partial charge in [0, 0.05) is 17.6 Å². The summed E-state index contributed by atoms with van der Waals surface area (Å²) in [5.74, 6) is 0.492. The van der Waals surface area contributed by atoms with Gasteiger partial charge in [-0.1, -0.05) is 37.1 Å². The van der Waals surface area contributed by atoms with Gasteiger partial charge in [0.2, 0.25) is 0 Å². The minimum atomic E-state index is -0.191. The normalized spacial score (nSPS) is 10.9. The molecular weight excluding hydrogens is 350 g/mol. The van der Waals surface area contributed by atoms with Crippen LogP contribution in [0, 0.1) is 6.92 Å². The predicted octanol–water partition coefficient (Wildman–Crippen LogP) is 3.83. The van der Waals surface area contributed by atoms with E-state index in [1.165, 1.54) is 0 Å². The van der Waals surface area contributed by atoms with Crippen LogP contribution < -0.4 is 5.32 Å². The maximum absolute atomic E-state index is 12.7. The number of aryl methyl sites for hydroxylation is 3. The number of carbonyl (C=O) groups excluding carboxylic acids is 1. The minimum absolute atomic E-state index is 0.191. The van der Waals surface area contributed by atoms with Crippen LogP contribution in [0.1, 0.15) is 40.7 Å². The Hall–Kier alpha value is -2.60. The van der Waals surface area contributed by atoms with E-state index in [1.807, 2.05) is 37.3 Å². The second kappa shape index (κ2) is 7.74. The average molecular weight is 372 g/mol. The monoisotopic (exact) mass is 371 g/mol. The van der Waals surface area contributed by atoms with Gasteiger partial charge in [0.05, 0.1) is 18.4 Å². The van der Waals surface area contributed by atoms with Gasteiger partial charge in [-0.3, -0.25) is 9.48 Å². The second-order valence-corrected chi connectivity index (χ2v) is 6.75. The summed E-state index contributed by atoms with van der Waals surface area (Å²) < 4.78 is 3.40. The zero-order valence-electron chi connectivity index (χ0n) is 15.2. The second-order valence-electron chi connectivity index (χ2n) is 6.31. The Morgan fingerprint density at radius 1 is 1.27 bits per heavy atom. The Kier molecular flexibility index (Phi) is 5.42. The third kappa shape index (κ3) is 3.96. The molecule has 3 rings (SSSR count). The average Bonchev–Trinajstić information content (AvgIpc) is 3.14. The van der Waals surface area contributed by atoms with E-state index in [2.05, 4.69) is 22.4 Å². The maximum atomic E-state index is 12.7. The third-order valence-corrected chi connectivity index (χ3v) is 4.42. The molecule has 2 heterocycles.